The molecular formula is C15H25N3O3. The van der Waals surface area contributed by atoms with Crippen molar-refractivity contribution in [3.8, 4) is 5.75 Å². The van der Waals surface area contributed by atoms with E-state index in [9.17, 15) is 0 Å². The summed E-state index contributed by atoms with van der Waals surface area (Å²) < 4.78 is 10.5. The minimum atomic E-state index is 0.230. The van der Waals surface area contributed by atoms with Crippen molar-refractivity contribution in [2.45, 2.75) is 19.9 Å². The fourth-order valence-electron chi connectivity index (χ4n) is 2.08. The van der Waals surface area contributed by atoms with Gasteiger partial charge in [0.1, 0.15) is 11.6 Å². The zero-order valence-corrected chi connectivity index (χ0v) is 13.0. The number of nitrogens with two attached hydrogens (primary N) is 1. The van der Waals surface area contributed by atoms with E-state index in [1.54, 1.807) is 14.2 Å². The second-order valence-electron chi connectivity index (χ2n) is 4.93. The van der Waals surface area contributed by atoms with Gasteiger partial charge >= 0.3 is 0 Å². The van der Waals surface area contributed by atoms with Gasteiger partial charge in [0.05, 0.1) is 13.7 Å². The molecule has 0 atom stereocenters. The smallest absolute Gasteiger partial charge is 0.140 e. The minimum absolute atomic E-state index is 0.230. The van der Waals surface area contributed by atoms with Gasteiger partial charge in [0.25, 0.3) is 0 Å². The van der Waals surface area contributed by atoms with Crippen LogP contribution in [0.2, 0.25) is 0 Å². The quantitative estimate of drug-likeness (QED) is 0.313. The zero-order valence-electron chi connectivity index (χ0n) is 13.0. The molecular weight excluding hydrogens is 270 g/mol. The van der Waals surface area contributed by atoms with E-state index in [0.717, 1.165) is 24.4 Å². The molecule has 6 heteroatoms. The van der Waals surface area contributed by atoms with Crippen LogP contribution in [0.5, 0.6) is 5.75 Å². The average Bonchev–Trinajstić information content (AvgIpc) is 2.49. The fraction of sp³-hybridized carbons (Fsp3) is 0.533. The highest BCUT2D eigenvalue weighted by Crippen LogP contribution is 2.21. The topological polar surface area (TPSA) is 80.3 Å². The van der Waals surface area contributed by atoms with E-state index < -0.39 is 0 Å². The van der Waals surface area contributed by atoms with Crippen molar-refractivity contribution >= 4 is 5.84 Å². The van der Waals surface area contributed by atoms with Crippen LogP contribution in [0.15, 0.2) is 23.4 Å². The molecule has 6 nitrogen and oxygen atoms in total. The normalized spacial score (nSPS) is 11.9. The first-order valence-corrected chi connectivity index (χ1v) is 6.92. The van der Waals surface area contributed by atoms with E-state index in [0.29, 0.717) is 19.6 Å². The van der Waals surface area contributed by atoms with Crippen LogP contribution in [0.3, 0.4) is 0 Å². The molecule has 0 amide bonds. The molecule has 1 aromatic rings. The molecule has 0 aromatic heterocycles. The average molecular weight is 295 g/mol. The van der Waals surface area contributed by atoms with Crippen LogP contribution in [0, 0.1) is 6.92 Å². The monoisotopic (exact) mass is 295 g/mol. The number of ether oxygens (including phenoxy) is 2. The number of oxime groups is 1. The van der Waals surface area contributed by atoms with Crippen LogP contribution in [0.4, 0.5) is 0 Å². The van der Waals surface area contributed by atoms with Crippen molar-refractivity contribution in [2.24, 2.45) is 10.9 Å². The van der Waals surface area contributed by atoms with Gasteiger partial charge < -0.3 is 20.4 Å². The SMILES string of the molecule is COCCN(CCC(N)=NO)Cc1cc(C)ccc1OC. The number of hydrogen-bond acceptors (Lipinski definition) is 5. The lowest BCUT2D eigenvalue weighted by molar-refractivity contribution is 0.145. The molecule has 0 aliphatic carbocycles. The maximum absolute atomic E-state index is 8.63. The summed E-state index contributed by atoms with van der Waals surface area (Å²) in [5.74, 6) is 1.10. The molecule has 1 aromatic carbocycles. The van der Waals surface area contributed by atoms with Crippen LogP contribution >= 0.6 is 0 Å². The summed E-state index contributed by atoms with van der Waals surface area (Å²) in [5, 5.41) is 11.6. The Morgan fingerprint density at radius 1 is 1.33 bits per heavy atom. The summed E-state index contributed by atoms with van der Waals surface area (Å²) in [6, 6.07) is 6.11. The Balaban J connectivity index is 2.77. The molecule has 0 fully saturated rings. The zero-order chi connectivity index (χ0) is 15.7. The third kappa shape index (κ3) is 6.01. The number of methoxy groups -OCH3 is 2. The molecule has 0 saturated carbocycles. The Bertz CT molecular complexity index is 463. The van der Waals surface area contributed by atoms with Gasteiger partial charge in [-0.25, -0.2) is 0 Å². The van der Waals surface area contributed by atoms with Crippen molar-refractivity contribution < 1.29 is 14.7 Å². The van der Waals surface area contributed by atoms with Crippen molar-refractivity contribution in [2.75, 3.05) is 33.9 Å². The third-order valence-corrected chi connectivity index (χ3v) is 3.25. The second kappa shape index (κ2) is 9.20. The maximum atomic E-state index is 8.63. The van der Waals surface area contributed by atoms with Gasteiger partial charge in [-0.2, -0.15) is 0 Å². The van der Waals surface area contributed by atoms with E-state index in [1.807, 2.05) is 12.1 Å². The van der Waals surface area contributed by atoms with Crippen molar-refractivity contribution in [1.82, 2.24) is 4.90 Å². The Morgan fingerprint density at radius 2 is 2.10 bits per heavy atom. The Hall–Kier alpha value is -1.79. The lowest BCUT2D eigenvalue weighted by Crippen LogP contribution is -2.31. The molecule has 118 valence electrons. The van der Waals surface area contributed by atoms with Crippen LogP contribution in [0.1, 0.15) is 17.5 Å². The summed E-state index contributed by atoms with van der Waals surface area (Å²) in [5.41, 5.74) is 7.85. The number of benzene rings is 1. The summed E-state index contributed by atoms with van der Waals surface area (Å²) in [6.07, 6.45) is 0.508. The summed E-state index contributed by atoms with van der Waals surface area (Å²) >= 11 is 0. The first-order chi connectivity index (χ1) is 10.1. The largest absolute Gasteiger partial charge is 0.496 e. The Morgan fingerprint density at radius 3 is 2.71 bits per heavy atom. The Labute approximate surface area is 126 Å². The number of aryl methyl sites for hydroxylation is 1. The van der Waals surface area contributed by atoms with Gasteiger partial charge in [0, 0.05) is 38.7 Å². The first kappa shape index (κ1) is 17.3. The molecule has 0 saturated heterocycles. The van der Waals surface area contributed by atoms with Gasteiger partial charge in [-0.1, -0.05) is 22.9 Å². The molecule has 0 unspecified atom stereocenters. The van der Waals surface area contributed by atoms with Crippen molar-refractivity contribution in [3.05, 3.63) is 29.3 Å². The molecule has 0 aliphatic rings. The molecule has 0 spiro atoms. The van der Waals surface area contributed by atoms with E-state index >= 15 is 0 Å². The van der Waals surface area contributed by atoms with Crippen molar-refractivity contribution in [1.29, 1.82) is 0 Å². The molecule has 0 bridgehead atoms. The molecule has 0 radical (unpaired) electrons. The number of hydrogen-bond donors (Lipinski definition) is 2. The predicted molar refractivity (Wildman–Crippen MR) is 82.9 cm³/mol. The van der Waals surface area contributed by atoms with Gasteiger partial charge in [0.15, 0.2) is 0 Å². The van der Waals surface area contributed by atoms with E-state index in [-0.39, 0.29) is 5.84 Å². The Kier molecular flexibility index (Phi) is 7.56. The first-order valence-electron chi connectivity index (χ1n) is 6.92. The lowest BCUT2D eigenvalue weighted by Gasteiger charge is -2.23. The van der Waals surface area contributed by atoms with E-state index in [2.05, 4.69) is 23.0 Å². The van der Waals surface area contributed by atoms with Crippen LogP contribution in [-0.4, -0.2) is 49.9 Å². The van der Waals surface area contributed by atoms with Crippen LogP contribution in [0.25, 0.3) is 0 Å². The lowest BCUT2D eigenvalue weighted by atomic mass is 10.1. The molecule has 1 rings (SSSR count). The minimum Gasteiger partial charge on any atom is -0.496 e. The fourth-order valence-corrected chi connectivity index (χ4v) is 2.08. The van der Waals surface area contributed by atoms with E-state index in [1.165, 1.54) is 5.56 Å². The van der Waals surface area contributed by atoms with Gasteiger partial charge in [-0.3, -0.25) is 4.90 Å². The number of nitrogens with zero attached hydrogens (tertiary/aromatic N) is 2. The second-order valence-corrected chi connectivity index (χ2v) is 4.93. The standard InChI is InChI=1S/C15H25N3O3/c1-12-4-5-14(21-3)13(10-12)11-18(8-9-20-2)7-6-15(16)17-19/h4-5,10,19H,6-9,11H2,1-3H3,(H2,16,17). The highest BCUT2D eigenvalue weighted by atomic mass is 16.5. The molecule has 0 heterocycles. The third-order valence-electron chi connectivity index (χ3n) is 3.25. The highest BCUT2D eigenvalue weighted by Gasteiger charge is 2.11. The van der Waals surface area contributed by atoms with Gasteiger partial charge in [-0.15, -0.1) is 0 Å². The summed E-state index contributed by atoms with van der Waals surface area (Å²) in [7, 11) is 3.35. The van der Waals surface area contributed by atoms with Crippen LogP contribution < -0.4 is 10.5 Å². The molecule has 3 N–H and O–H groups in total. The highest BCUT2D eigenvalue weighted by molar-refractivity contribution is 5.79. The number of rotatable bonds is 9. The van der Waals surface area contributed by atoms with Gasteiger partial charge in [-0.05, 0) is 13.0 Å². The predicted octanol–water partition coefficient (Wildman–Crippen LogP) is 1.59. The van der Waals surface area contributed by atoms with Crippen molar-refractivity contribution in [3.63, 3.8) is 0 Å². The van der Waals surface area contributed by atoms with Crippen LogP contribution in [-0.2, 0) is 11.3 Å². The van der Waals surface area contributed by atoms with E-state index in [4.69, 9.17) is 20.4 Å². The molecule has 21 heavy (non-hydrogen) atoms. The summed E-state index contributed by atoms with van der Waals surface area (Å²) in [6.45, 7) is 4.87. The number of amidine groups is 1. The summed E-state index contributed by atoms with van der Waals surface area (Å²) in [4.78, 5) is 2.19. The molecule has 0 aliphatic heterocycles. The maximum Gasteiger partial charge on any atom is 0.140 e. The van der Waals surface area contributed by atoms with Gasteiger partial charge in [0.2, 0.25) is 0 Å².